The van der Waals surface area contributed by atoms with Crippen LogP contribution < -0.4 is 15.0 Å². The molecule has 0 aromatic heterocycles. The van der Waals surface area contributed by atoms with Crippen molar-refractivity contribution >= 4 is 17.5 Å². The lowest BCUT2D eigenvalue weighted by Crippen LogP contribution is -2.29. The second-order valence-electron chi connectivity index (χ2n) is 7.34. The molecule has 1 N–H and O–H groups in total. The Bertz CT molecular complexity index is 1050. The summed E-state index contributed by atoms with van der Waals surface area (Å²) in [6, 6.07) is 22.9. The largest absolute Gasteiger partial charge is 0.497 e. The van der Waals surface area contributed by atoms with E-state index in [0.29, 0.717) is 25.1 Å². The van der Waals surface area contributed by atoms with Crippen LogP contribution in [0.4, 0.5) is 5.69 Å². The molecule has 0 unspecified atom stereocenters. The quantitative estimate of drug-likeness (QED) is 0.686. The van der Waals surface area contributed by atoms with E-state index in [-0.39, 0.29) is 11.8 Å². The lowest BCUT2D eigenvalue weighted by molar-refractivity contribution is -0.120. The highest BCUT2D eigenvalue weighted by molar-refractivity contribution is 6.07. The third-order valence-corrected chi connectivity index (χ3v) is 5.32. The number of carbonyl (C=O) groups is 2. The summed E-state index contributed by atoms with van der Waals surface area (Å²) < 4.78 is 5.17. The standard InChI is InChI=1S/C25H24N2O3/c1-30-22-11-9-21(10-12-22)25(29)27-14-13-20-8-7-19(15-23(20)27)17-26-24(28)16-18-5-3-2-4-6-18/h2-12,15H,13-14,16-17H2,1H3,(H,26,28). The molecule has 0 aliphatic carbocycles. The van der Waals surface area contributed by atoms with Crippen LogP contribution in [0.25, 0.3) is 0 Å². The molecule has 0 spiro atoms. The number of nitrogens with zero attached hydrogens (tertiary/aromatic N) is 1. The van der Waals surface area contributed by atoms with Crippen LogP contribution >= 0.6 is 0 Å². The topological polar surface area (TPSA) is 58.6 Å². The van der Waals surface area contributed by atoms with E-state index in [0.717, 1.165) is 34.5 Å². The van der Waals surface area contributed by atoms with E-state index in [4.69, 9.17) is 4.74 Å². The van der Waals surface area contributed by atoms with Gasteiger partial charge in [0.25, 0.3) is 5.91 Å². The van der Waals surface area contributed by atoms with Gasteiger partial charge < -0.3 is 15.0 Å². The van der Waals surface area contributed by atoms with E-state index in [2.05, 4.69) is 11.4 Å². The SMILES string of the molecule is COc1ccc(C(=O)N2CCc3ccc(CNC(=O)Cc4ccccc4)cc32)cc1. The average Bonchev–Trinajstić information content (AvgIpc) is 3.21. The Labute approximate surface area is 176 Å². The molecule has 0 fully saturated rings. The van der Waals surface area contributed by atoms with Gasteiger partial charge in [-0.25, -0.2) is 0 Å². The molecule has 2 amide bonds. The van der Waals surface area contributed by atoms with E-state index >= 15 is 0 Å². The van der Waals surface area contributed by atoms with Crippen molar-refractivity contribution in [3.05, 3.63) is 95.1 Å². The molecule has 5 heteroatoms. The van der Waals surface area contributed by atoms with Crippen LogP contribution in [-0.4, -0.2) is 25.5 Å². The highest BCUT2D eigenvalue weighted by Crippen LogP contribution is 2.30. The van der Waals surface area contributed by atoms with Gasteiger partial charge in [0.1, 0.15) is 5.75 Å². The minimum absolute atomic E-state index is 0.0205. The van der Waals surface area contributed by atoms with Crippen LogP contribution in [0.2, 0.25) is 0 Å². The number of nitrogens with one attached hydrogen (secondary N) is 1. The summed E-state index contributed by atoms with van der Waals surface area (Å²) in [7, 11) is 1.60. The molecule has 3 aromatic carbocycles. The fourth-order valence-electron chi connectivity index (χ4n) is 3.68. The molecule has 30 heavy (non-hydrogen) atoms. The van der Waals surface area contributed by atoms with Gasteiger partial charge in [-0.2, -0.15) is 0 Å². The van der Waals surface area contributed by atoms with Gasteiger partial charge in [0.2, 0.25) is 5.91 Å². The number of benzene rings is 3. The Hall–Kier alpha value is -3.60. The molecule has 3 aromatic rings. The van der Waals surface area contributed by atoms with Crippen molar-refractivity contribution in [2.24, 2.45) is 0 Å². The zero-order valence-corrected chi connectivity index (χ0v) is 16.9. The fraction of sp³-hybridized carbons (Fsp3) is 0.200. The Morgan fingerprint density at radius 2 is 1.73 bits per heavy atom. The third kappa shape index (κ3) is 4.35. The van der Waals surface area contributed by atoms with Crippen LogP contribution in [-0.2, 0) is 24.2 Å². The predicted octanol–water partition coefficient (Wildman–Crippen LogP) is 3.76. The Balaban J connectivity index is 1.43. The molecule has 0 saturated heterocycles. The van der Waals surface area contributed by atoms with Gasteiger partial charge in [0, 0.05) is 24.3 Å². The lowest BCUT2D eigenvalue weighted by atomic mass is 10.1. The molecular formula is C25H24N2O3. The molecule has 1 aliphatic heterocycles. The number of hydrogen-bond acceptors (Lipinski definition) is 3. The smallest absolute Gasteiger partial charge is 0.258 e. The highest BCUT2D eigenvalue weighted by Gasteiger charge is 2.25. The maximum Gasteiger partial charge on any atom is 0.258 e. The Morgan fingerprint density at radius 3 is 2.47 bits per heavy atom. The number of methoxy groups -OCH3 is 1. The highest BCUT2D eigenvalue weighted by atomic mass is 16.5. The number of amides is 2. The van der Waals surface area contributed by atoms with Crippen molar-refractivity contribution < 1.29 is 14.3 Å². The van der Waals surface area contributed by atoms with Crippen molar-refractivity contribution in [2.45, 2.75) is 19.4 Å². The zero-order chi connectivity index (χ0) is 20.9. The minimum Gasteiger partial charge on any atom is -0.497 e. The summed E-state index contributed by atoms with van der Waals surface area (Å²) in [4.78, 5) is 27.1. The van der Waals surface area contributed by atoms with E-state index in [9.17, 15) is 9.59 Å². The first-order chi connectivity index (χ1) is 14.6. The summed E-state index contributed by atoms with van der Waals surface area (Å²) >= 11 is 0. The summed E-state index contributed by atoms with van der Waals surface area (Å²) in [6.45, 7) is 1.09. The number of ether oxygens (including phenoxy) is 1. The van der Waals surface area contributed by atoms with Crippen LogP contribution in [0.3, 0.4) is 0 Å². The van der Waals surface area contributed by atoms with Gasteiger partial charge in [-0.15, -0.1) is 0 Å². The normalized spacial score (nSPS) is 12.4. The molecular weight excluding hydrogens is 376 g/mol. The van der Waals surface area contributed by atoms with E-state index in [1.807, 2.05) is 47.4 Å². The number of carbonyl (C=O) groups excluding carboxylic acids is 2. The van der Waals surface area contributed by atoms with Crippen molar-refractivity contribution in [2.75, 3.05) is 18.6 Å². The lowest BCUT2D eigenvalue weighted by Gasteiger charge is -2.18. The molecule has 0 bridgehead atoms. The van der Waals surface area contributed by atoms with E-state index in [1.54, 1.807) is 31.4 Å². The summed E-state index contributed by atoms with van der Waals surface area (Å²) in [5.41, 5.74) is 4.66. The van der Waals surface area contributed by atoms with Crippen LogP contribution in [0.5, 0.6) is 5.75 Å². The third-order valence-electron chi connectivity index (χ3n) is 5.32. The van der Waals surface area contributed by atoms with Crippen molar-refractivity contribution in [1.82, 2.24) is 5.32 Å². The maximum atomic E-state index is 13.0. The molecule has 5 nitrogen and oxygen atoms in total. The number of fused-ring (bicyclic) bond motifs is 1. The summed E-state index contributed by atoms with van der Waals surface area (Å²) in [5, 5.41) is 2.97. The molecule has 0 saturated carbocycles. The van der Waals surface area contributed by atoms with Gasteiger partial charge in [0.15, 0.2) is 0 Å². The predicted molar refractivity (Wildman–Crippen MR) is 117 cm³/mol. The van der Waals surface area contributed by atoms with Gasteiger partial charge in [-0.05, 0) is 53.4 Å². The Morgan fingerprint density at radius 1 is 0.967 bits per heavy atom. The number of hydrogen-bond donors (Lipinski definition) is 1. The van der Waals surface area contributed by atoms with Crippen LogP contribution in [0.1, 0.15) is 27.0 Å². The van der Waals surface area contributed by atoms with Crippen molar-refractivity contribution in [3.8, 4) is 5.75 Å². The van der Waals surface area contributed by atoms with Gasteiger partial charge in [0.05, 0.1) is 13.5 Å². The first-order valence-corrected chi connectivity index (χ1v) is 10.0. The fourth-order valence-corrected chi connectivity index (χ4v) is 3.68. The molecule has 152 valence electrons. The summed E-state index contributed by atoms with van der Waals surface area (Å²) in [6.07, 6.45) is 1.19. The zero-order valence-electron chi connectivity index (χ0n) is 16.9. The second kappa shape index (κ2) is 8.82. The number of anilines is 1. The number of rotatable bonds is 6. The molecule has 0 radical (unpaired) electrons. The monoisotopic (exact) mass is 400 g/mol. The van der Waals surface area contributed by atoms with Gasteiger partial charge >= 0.3 is 0 Å². The molecule has 0 atom stereocenters. The van der Waals surface area contributed by atoms with Crippen LogP contribution in [0.15, 0.2) is 72.8 Å². The average molecular weight is 400 g/mol. The minimum atomic E-state index is -0.0262. The van der Waals surface area contributed by atoms with Crippen LogP contribution in [0, 0.1) is 0 Å². The van der Waals surface area contributed by atoms with E-state index in [1.165, 1.54) is 0 Å². The maximum absolute atomic E-state index is 13.0. The molecule has 1 aliphatic rings. The first-order valence-electron chi connectivity index (χ1n) is 10.0. The Kier molecular flexibility index (Phi) is 5.80. The molecule has 1 heterocycles. The second-order valence-corrected chi connectivity index (χ2v) is 7.34. The van der Waals surface area contributed by atoms with Gasteiger partial charge in [-0.1, -0.05) is 42.5 Å². The first kappa shape index (κ1) is 19.7. The summed E-state index contributed by atoms with van der Waals surface area (Å²) in [5.74, 6) is 0.677. The van der Waals surface area contributed by atoms with Crippen molar-refractivity contribution in [3.63, 3.8) is 0 Å². The van der Waals surface area contributed by atoms with Gasteiger partial charge in [-0.3, -0.25) is 9.59 Å². The molecule has 4 rings (SSSR count). The van der Waals surface area contributed by atoms with Crippen molar-refractivity contribution in [1.29, 1.82) is 0 Å². The van der Waals surface area contributed by atoms with E-state index < -0.39 is 0 Å².